The van der Waals surface area contributed by atoms with Gasteiger partial charge in [0.2, 0.25) is 0 Å². The van der Waals surface area contributed by atoms with Crippen LogP contribution in [0.4, 0.5) is 0 Å². The van der Waals surface area contributed by atoms with Gasteiger partial charge in [-0.2, -0.15) is 0 Å². The first-order valence-corrected chi connectivity index (χ1v) is 5.60. The van der Waals surface area contributed by atoms with E-state index in [0.29, 0.717) is 12.6 Å². The summed E-state index contributed by atoms with van der Waals surface area (Å²) in [6.07, 6.45) is 4.80. The zero-order chi connectivity index (χ0) is 12.0. The van der Waals surface area contributed by atoms with E-state index in [0.717, 1.165) is 18.2 Å². The van der Waals surface area contributed by atoms with Crippen molar-refractivity contribution in [1.82, 2.24) is 20.2 Å². The molecule has 0 aliphatic carbocycles. The van der Waals surface area contributed by atoms with E-state index in [1.54, 1.807) is 13.2 Å². The molecule has 0 saturated carbocycles. The van der Waals surface area contributed by atoms with E-state index in [9.17, 15) is 0 Å². The maximum Gasteiger partial charge on any atom is 0.191 e. The Bertz CT molecular complexity index is 347. The molecule has 1 atom stereocenters. The van der Waals surface area contributed by atoms with Crippen LogP contribution in [-0.2, 0) is 13.6 Å². The third-order valence-electron chi connectivity index (χ3n) is 2.55. The zero-order valence-electron chi connectivity index (χ0n) is 10.9. The fraction of sp³-hybridized carbons (Fsp3) is 0.636. The predicted octanol–water partition coefficient (Wildman–Crippen LogP) is 1.50. The van der Waals surface area contributed by atoms with Gasteiger partial charge >= 0.3 is 0 Å². The average Bonchev–Trinajstić information content (AvgIpc) is 2.69. The van der Waals surface area contributed by atoms with E-state index in [4.69, 9.17) is 0 Å². The fourth-order valence-electron chi connectivity index (χ4n) is 1.26. The maximum atomic E-state index is 4.24. The fourth-order valence-corrected chi connectivity index (χ4v) is 1.26. The maximum absolute atomic E-state index is 4.24. The zero-order valence-corrected chi connectivity index (χ0v) is 13.2. The average molecular weight is 351 g/mol. The Morgan fingerprint density at radius 2 is 2.29 bits per heavy atom. The van der Waals surface area contributed by atoms with Crippen molar-refractivity contribution in [1.29, 1.82) is 0 Å². The molecule has 6 heteroatoms. The summed E-state index contributed by atoms with van der Waals surface area (Å²) in [6, 6.07) is 0.424. The molecule has 2 N–H and O–H groups in total. The van der Waals surface area contributed by atoms with Crippen LogP contribution < -0.4 is 10.6 Å². The van der Waals surface area contributed by atoms with Gasteiger partial charge in [-0.1, -0.05) is 6.92 Å². The van der Waals surface area contributed by atoms with Crippen molar-refractivity contribution >= 4 is 29.9 Å². The van der Waals surface area contributed by atoms with Crippen molar-refractivity contribution in [3.05, 3.63) is 18.2 Å². The molecule has 0 bridgehead atoms. The molecule has 1 aromatic rings. The quantitative estimate of drug-likeness (QED) is 0.491. The second-order valence-corrected chi connectivity index (χ2v) is 3.83. The van der Waals surface area contributed by atoms with E-state index < -0.39 is 0 Å². The lowest BCUT2D eigenvalue weighted by Crippen LogP contribution is -2.41. The van der Waals surface area contributed by atoms with Gasteiger partial charge in [0.25, 0.3) is 0 Å². The number of aryl methyl sites for hydroxylation is 1. The summed E-state index contributed by atoms with van der Waals surface area (Å²) < 4.78 is 1.99. The Labute approximate surface area is 120 Å². The summed E-state index contributed by atoms with van der Waals surface area (Å²) in [5, 5.41) is 6.53. The number of nitrogens with one attached hydrogen (secondary N) is 2. The highest BCUT2D eigenvalue weighted by Gasteiger charge is 2.04. The molecule has 0 spiro atoms. The van der Waals surface area contributed by atoms with Crippen molar-refractivity contribution in [3.63, 3.8) is 0 Å². The van der Waals surface area contributed by atoms with Crippen LogP contribution in [0.15, 0.2) is 17.4 Å². The number of hydrogen-bond acceptors (Lipinski definition) is 2. The van der Waals surface area contributed by atoms with Crippen LogP contribution in [0, 0.1) is 0 Å². The van der Waals surface area contributed by atoms with Gasteiger partial charge in [0, 0.05) is 32.5 Å². The lowest BCUT2D eigenvalue weighted by atomic mass is 10.3. The molecule has 0 fully saturated rings. The van der Waals surface area contributed by atoms with Crippen LogP contribution in [0.1, 0.15) is 26.1 Å². The van der Waals surface area contributed by atoms with E-state index in [1.807, 2.05) is 17.8 Å². The largest absolute Gasteiger partial charge is 0.354 e. The molecular weight excluding hydrogens is 329 g/mol. The molecule has 0 aliphatic heterocycles. The van der Waals surface area contributed by atoms with Crippen molar-refractivity contribution in [3.8, 4) is 0 Å². The number of aromatic nitrogens is 2. The number of hydrogen-bond donors (Lipinski definition) is 2. The minimum absolute atomic E-state index is 0. The molecule has 1 unspecified atom stereocenters. The van der Waals surface area contributed by atoms with Gasteiger partial charge in [0.1, 0.15) is 5.82 Å². The van der Waals surface area contributed by atoms with Crippen LogP contribution in [-0.4, -0.2) is 28.6 Å². The summed E-state index contributed by atoms with van der Waals surface area (Å²) in [5.41, 5.74) is 0. The third-order valence-corrected chi connectivity index (χ3v) is 2.55. The first-order valence-electron chi connectivity index (χ1n) is 5.60. The summed E-state index contributed by atoms with van der Waals surface area (Å²) in [4.78, 5) is 8.40. The highest BCUT2D eigenvalue weighted by molar-refractivity contribution is 14.0. The summed E-state index contributed by atoms with van der Waals surface area (Å²) in [5.74, 6) is 1.81. The number of nitrogens with zero attached hydrogens (tertiary/aromatic N) is 3. The van der Waals surface area contributed by atoms with Gasteiger partial charge in [0.15, 0.2) is 5.96 Å². The van der Waals surface area contributed by atoms with Gasteiger partial charge < -0.3 is 15.2 Å². The number of rotatable bonds is 4. The molecule has 0 aromatic carbocycles. The highest BCUT2D eigenvalue weighted by Crippen LogP contribution is 1.93. The van der Waals surface area contributed by atoms with E-state index in [2.05, 4.69) is 34.5 Å². The predicted molar refractivity (Wildman–Crippen MR) is 81.7 cm³/mol. The topological polar surface area (TPSA) is 54.2 Å². The van der Waals surface area contributed by atoms with Gasteiger partial charge in [-0.15, -0.1) is 24.0 Å². The molecule has 0 aliphatic rings. The normalized spacial score (nSPS) is 12.8. The molecule has 0 radical (unpaired) electrons. The summed E-state index contributed by atoms with van der Waals surface area (Å²) >= 11 is 0. The second-order valence-electron chi connectivity index (χ2n) is 3.83. The third kappa shape index (κ3) is 5.38. The molecular formula is C11H22IN5. The van der Waals surface area contributed by atoms with Crippen molar-refractivity contribution in [2.45, 2.75) is 32.9 Å². The number of guanidine groups is 1. The standard InChI is InChI=1S/C11H21N5.HI/c1-5-9(2)15-11(12-3)14-8-10-13-6-7-16(10)4;/h6-7,9H,5,8H2,1-4H3,(H2,12,14,15);1H. The summed E-state index contributed by atoms with van der Waals surface area (Å²) in [7, 11) is 3.75. The Morgan fingerprint density at radius 3 is 2.76 bits per heavy atom. The van der Waals surface area contributed by atoms with Crippen LogP contribution in [0.5, 0.6) is 0 Å². The smallest absolute Gasteiger partial charge is 0.191 e. The molecule has 0 amide bonds. The van der Waals surface area contributed by atoms with Crippen LogP contribution in [0.3, 0.4) is 0 Å². The van der Waals surface area contributed by atoms with Crippen LogP contribution in [0.25, 0.3) is 0 Å². The molecule has 1 rings (SSSR count). The van der Waals surface area contributed by atoms with Crippen molar-refractivity contribution in [2.24, 2.45) is 12.0 Å². The Kier molecular flexibility index (Phi) is 7.94. The van der Waals surface area contributed by atoms with Crippen molar-refractivity contribution < 1.29 is 0 Å². The molecule has 5 nitrogen and oxygen atoms in total. The number of aliphatic imine (C=N–C) groups is 1. The van der Waals surface area contributed by atoms with Crippen LogP contribution in [0.2, 0.25) is 0 Å². The minimum Gasteiger partial charge on any atom is -0.354 e. The SMILES string of the molecule is CCC(C)NC(=NC)NCc1nccn1C.I. The molecule has 17 heavy (non-hydrogen) atoms. The van der Waals surface area contributed by atoms with Gasteiger partial charge in [-0.05, 0) is 13.3 Å². The van der Waals surface area contributed by atoms with Gasteiger partial charge in [-0.25, -0.2) is 4.98 Å². The second kappa shape index (κ2) is 8.32. The number of imidazole rings is 1. The Hall–Kier alpha value is -0.790. The van der Waals surface area contributed by atoms with E-state index in [1.165, 1.54) is 0 Å². The molecule has 0 saturated heterocycles. The number of halogens is 1. The lowest BCUT2D eigenvalue weighted by Gasteiger charge is -2.16. The Balaban J connectivity index is 0.00000256. The minimum atomic E-state index is 0. The first-order chi connectivity index (χ1) is 7.67. The Morgan fingerprint density at radius 1 is 1.59 bits per heavy atom. The summed E-state index contributed by atoms with van der Waals surface area (Å²) in [6.45, 7) is 4.96. The molecule has 1 heterocycles. The van der Waals surface area contributed by atoms with Gasteiger partial charge in [-0.3, -0.25) is 4.99 Å². The molecule has 1 aromatic heterocycles. The van der Waals surface area contributed by atoms with Gasteiger partial charge in [0.05, 0.1) is 6.54 Å². The lowest BCUT2D eigenvalue weighted by molar-refractivity contribution is 0.619. The monoisotopic (exact) mass is 351 g/mol. The highest BCUT2D eigenvalue weighted by atomic mass is 127. The van der Waals surface area contributed by atoms with E-state index >= 15 is 0 Å². The van der Waals surface area contributed by atoms with Crippen molar-refractivity contribution in [2.75, 3.05) is 7.05 Å². The molecule has 98 valence electrons. The first kappa shape index (κ1) is 16.2. The van der Waals surface area contributed by atoms with E-state index in [-0.39, 0.29) is 24.0 Å². The van der Waals surface area contributed by atoms with Crippen LogP contribution >= 0.6 is 24.0 Å².